The summed E-state index contributed by atoms with van der Waals surface area (Å²) < 4.78 is 1.94. The summed E-state index contributed by atoms with van der Waals surface area (Å²) >= 11 is 0. The maximum absolute atomic E-state index is 11.6. The molecule has 2 heterocycles. The average Bonchev–Trinajstić information content (AvgIpc) is 2.78. The van der Waals surface area contributed by atoms with Gasteiger partial charge in [-0.1, -0.05) is 20.3 Å². The largest absolute Gasteiger partial charge is 0.368 e. The molecular weight excluding hydrogens is 228 g/mol. The van der Waals surface area contributed by atoms with Gasteiger partial charge >= 0.3 is 0 Å². The molecule has 1 fully saturated rings. The van der Waals surface area contributed by atoms with E-state index in [1.54, 1.807) is 6.33 Å². The lowest BCUT2D eigenvalue weighted by molar-refractivity contribution is -0.122. The third-order valence-corrected chi connectivity index (χ3v) is 3.59. The monoisotopic (exact) mass is 250 g/mol. The lowest BCUT2D eigenvalue weighted by atomic mass is 9.99. The van der Waals surface area contributed by atoms with E-state index in [-0.39, 0.29) is 17.9 Å². The predicted octanol–water partition coefficient (Wildman–Crippen LogP) is 1.38. The zero-order chi connectivity index (χ0) is 13.1. The van der Waals surface area contributed by atoms with Crippen molar-refractivity contribution in [1.29, 1.82) is 0 Å². The molecule has 18 heavy (non-hydrogen) atoms. The highest BCUT2D eigenvalue weighted by molar-refractivity contribution is 5.78. The molecule has 1 saturated heterocycles. The van der Waals surface area contributed by atoms with Crippen molar-refractivity contribution < 1.29 is 4.79 Å². The zero-order valence-electron chi connectivity index (χ0n) is 11.1. The third-order valence-electron chi connectivity index (χ3n) is 3.59. The fraction of sp³-hybridized carbons (Fsp3) is 0.692. The molecule has 0 bridgehead atoms. The number of carbonyl (C=O) groups excluding carboxylic acids is 1. The van der Waals surface area contributed by atoms with Gasteiger partial charge in [-0.05, 0) is 25.3 Å². The van der Waals surface area contributed by atoms with E-state index in [1.807, 2.05) is 24.6 Å². The van der Waals surface area contributed by atoms with E-state index in [2.05, 4.69) is 10.3 Å². The number of piperidine rings is 1. The fourth-order valence-electron chi connectivity index (χ4n) is 2.71. The van der Waals surface area contributed by atoms with Gasteiger partial charge in [-0.2, -0.15) is 0 Å². The van der Waals surface area contributed by atoms with Gasteiger partial charge in [0.15, 0.2) is 0 Å². The summed E-state index contributed by atoms with van der Waals surface area (Å²) in [6.07, 6.45) is 7.09. The highest BCUT2D eigenvalue weighted by atomic mass is 16.1. The van der Waals surface area contributed by atoms with Crippen LogP contribution in [0.1, 0.15) is 50.9 Å². The minimum Gasteiger partial charge on any atom is -0.368 e. The molecule has 0 saturated carbocycles. The summed E-state index contributed by atoms with van der Waals surface area (Å²) in [7, 11) is 0. The maximum Gasteiger partial charge on any atom is 0.240 e. The number of rotatable bonds is 4. The van der Waals surface area contributed by atoms with Crippen molar-refractivity contribution in [3.05, 3.63) is 18.2 Å². The smallest absolute Gasteiger partial charge is 0.240 e. The second-order valence-corrected chi connectivity index (χ2v) is 5.32. The molecule has 0 spiro atoms. The second kappa shape index (κ2) is 5.52. The van der Waals surface area contributed by atoms with Gasteiger partial charge in [0.25, 0.3) is 0 Å². The molecule has 100 valence electrons. The summed E-state index contributed by atoms with van der Waals surface area (Å²) in [5.74, 6) is -0.126. The Morgan fingerprint density at radius 1 is 1.56 bits per heavy atom. The van der Waals surface area contributed by atoms with Crippen molar-refractivity contribution in [2.75, 3.05) is 6.54 Å². The van der Waals surface area contributed by atoms with Crippen LogP contribution >= 0.6 is 0 Å². The number of nitrogens with two attached hydrogens (primary N) is 1. The van der Waals surface area contributed by atoms with Crippen LogP contribution in [0.3, 0.4) is 0 Å². The molecule has 1 aromatic heterocycles. The Kier molecular flexibility index (Phi) is 4.01. The molecule has 1 amide bonds. The Morgan fingerprint density at radius 3 is 2.89 bits per heavy atom. The number of amides is 1. The normalized spacial score (nSPS) is 22.1. The van der Waals surface area contributed by atoms with Crippen LogP contribution in [0.5, 0.6) is 0 Å². The van der Waals surface area contributed by atoms with E-state index in [9.17, 15) is 4.79 Å². The van der Waals surface area contributed by atoms with Crippen molar-refractivity contribution >= 4 is 5.91 Å². The number of aromatic nitrogens is 2. The molecule has 0 aromatic carbocycles. The summed E-state index contributed by atoms with van der Waals surface area (Å²) in [5.41, 5.74) is 6.60. The van der Waals surface area contributed by atoms with Gasteiger partial charge in [0, 0.05) is 12.2 Å². The minimum atomic E-state index is -0.314. The highest BCUT2D eigenvalue weighted by Gasteiger charge is 2.27. The first-order valence-corrected chi connectivity index (χ1v) is 6.65. The Hall–Kier alpha value is -1.36. The lowest BCUT2D eigenvalue weighted by Crippen LogP contribution is -2.34. The van der Waals surface area contributed by atoms with Crippen LogP contribution in [-0.2, 0) is 4.79 Å². The van der Waals surface area contributed by atoms with Gasteiger partial charge in [0.05, 0.1) is 12.0 Å². The Morgan fingerprint density at radius 2 is 2.33 bits per heavy atom. The van der Waals surface area contributed by atoms with Crippen LogP contribution in [0.15, 0.2) is 12.5 Å². The highest BCUT2D eigenvalue weighted by Crippen LogP contribution is 2.27. The van der Waals surface area contributed by atoms with E-state index in [1.165, 1.54) is 12.8 Å². The number of carbonyl (C=O) groups is 1. The molecule has 1 aliphatic rings. The number of hydrogen-bond donors (Lipinski definition) is 2. The first kappa shape index (κ1) is 13.1. The van der Waals surface area contributed by atoms with E-state index >= 15 is 0 Å². The SMILES string of the molecule is CC(C)C(C(N)=O)n1cncc1C1CCCCN1. The number of hydrogen-bond acceptors (Lipinski definition) is 3. The second-order valence-electron chi connectivity index (χ2n) is 5.32. The van der Waals surface area contributed by atoms with Crippen LogP contribution < -0.4 is 11.1 Å². The molecule has 5 heteroatoms. The van der Waals surface area contributed by atoms with E-state index in [4.69, 9.17) is 5.73 Å². The van der Waals surface area contributed by atoms with Crippen LogP contribution in [-0.4, -0.2) is 22.0 Å². The predicted molar refractivity (Wildman–Crippen MR) is 69.9 cm³/mol. The lowest BCUT2D eigenvalue weighted by Gasteiger charge is -2.28. The molecule has 3 N–H and O–H groups in total. The molecule has 1 aromatic rings. The van der Waals surface area contributed by atoms with Crippen LogP contribution in [0.4, 0.5) is 0 Å². The van der Waals surface area contributed by atoms with Crippen LogP contribution in [0, 0.1) is 5.92 Å². The van der Waals surface area contributed by atoms with Gasteiger partial charge in [0.1, 0.15) is 6.04 Å². The van der Waals surface area contributed by atoms with Crippen molar-refractivity contribution in [3.63, 3.8) is 0 Å². The molecule has 2 atom stereocenters. The number of primary amides is 1. The van der Waals surface area contributed by atoms with E-state index in [0.29, 0.717) is 6.04 Å². The van der Waals surface area contributed by atoms with Gasteiger partial charge < -0.3 is 15.6 Å². The number of nitrogens with one attached hydrogen (secondary N) is 1. The van der Waals surface area contributed by atoms with Gasteiger partial charge in [0.2, 0.25) is 5.91 Å². The topological polar surface area (TPSA) is 72.9 Å². The van der Waals surface area contributed by atoms with Crippen LogP contribution in [0.25, 0.3) is 0 Å². The summed E-state index contributed by atoms with van der Waals surface area (Å²) in [6.45, 7) is 5.04. The molecule has 1 aliphatic heterocycles. The van der Waals surface area contributed by atoms with Gasteiger partial charge in [-0.25, -0.2) is 4.98 Å². The summed E-state index contributed by atoms with van der Waals surface area (Å²) in [5, 5.41) is 3.48. The number of nitrogens with zero attached hydrogens (tertiary/aromatic N) is 2. The third kappa shape index (κ3) is 2.56. The Bertz CT molecular complexity index is 407. The fourth-order valence-corrected chi connectivity index (χ4v) is 2.71. The van der Waals surface area contributed by atoms with Crippen molar-refractivity contribution in [3.8, 4) is 0 Å². The molecule has 0 aliphatic carbocycles. The first-order valence-electron chi connectivity index (χ1n) is 6.65. The molecule has 0 radical (unpaired) electrons. The minimum absolute atomic E-state index is 0.166. The molecule has 5 nitrogen and oxygen atoms in total. The van der Waals surface area contributed by atoms with E-state index < -0.39 is 0 Å². The average molecular weight is 250 g/mol. The van der Waals surface area contributed by atoms with Crippen molar-refractivity contribution in [2.45, 2.75) is 45.2 Å². The number of imidazole rings is 1. The van der Waals surface area contributed by atoms with Gasteiger partial charge in [-0.3, -0.25) is 4.79 Å². The summed E-state index contributed by atoms with van der Waals surface area (Å²) in [4.78, 5) is 15.8. The zero-order valence-corrected chi connectivity index (χ0v) is 11.1. The quantitative estimate of drug-likeness (QED) is 0.848. The van der Waals surface area contributed by atoms with Crippen molar-refractivity contribution in [2.24, 2.45) is 11.7 Å². The van der Waals surface area contributed by atoms with E-state index in [0.717, 1.165) is 18.7 Å². The molecular formula is C13H22N4O. The summed E-state index contributed by atoms with van der Waals surface area (Å²) in [6, 6.07) is -0.0203. The molecule has 2 rings (SSSR count). The van der Waals surface area contributed by atoms with Crippen LogP contribution in [0.2, 0.25) is 0 Å². The Labute approximate surface area is 108 Å². The van der Waals surface area contributed by atoms with Crippen molar-refractivity contribution in [1.82, 2.24) is 14.9 Å². The maximum atomic E-state index is 11.6. The first-order chi connectivity index (χ1) is 8.61. The van der Waals surface area contributed by atoms with Gasteiger partial charge in [-0.15, -0.1) is 0 Å². The molecule has 2 unspecified atom stereocenters. The standard InChI is InChI=1S/C13H22N4O/c1-9(2)12(13(14)18)17-8-15-7-11(17)10-5-3-4-6-16-10/h7-10,12,16H,3-6H2,1-2H3,(H2,14,18). The Balaban J connectivity index is 2.27.